The fourth-order valence-corrected chi connectivity index (χ4v) is 4.28. The third-order valence-corrected chi connectivity index (χ3v) is 5.76. The van der Waals surface area contributed by atoms with E-state index in [0.29, 0.717) is 20.2 Å². The molecule has 8 heteroatoms. The lowest BCUT2D eigenvalue weighted by Crippen LogP contribution is -2.28. The maximum Gasteiger partial charge on any atom is 0.271 e. The smallest absolute Gasteiger partial charge is 0.268 e. The highest BCUT2D eigenvalue weighted by Gasteiger charge is 2.35. The number of aliphatic imine (C=N–C) groups is 1. The van der Waals surface area contributed by atoms with Crippen LogP contribution >= 0.6 is 34.7 Å². The standard InChI is InChI=1S/C19H13ClN4OS2/c1-12-22-23-18(26-12)21-19-24(14-8-3-2-4-9-14)17(25)16(27-19)11-13-7-5-6-10-15(13)20/h2-11H,1H3/b16-11-,21-19+. The molecule has 2 aromatic carbocycles. The van der Waals surface area contributed by atoms with Gasteiger partial charge in [-0.2, -0.15) is 4.99 Å². The van der Waals surface area contributed by atoms with E-state index in [1.807, 2.05) is 55.5 Å². The Balaban J connectivity index is 1.78. The van der Waals surface area contributed by atoms with E-state index in [9.17, 15) is 4.79 Å². The summed E-state index contributed by atoms with van der Waals surface area (Å²) in [7, 11) is 0. The Labute approximate surface area is 169 Å². The molecule has 1 amide bonds. The minimum atomic E-state index is -0.147. The van der Waals surface area contributed by atoms with Crippen LogP contribution in [0.3, 0.4) is 0 Å². The molecule has 0 spiro atoms. The van der Waals surface area contributed by atoms with Crippen molar-refractivity contribution >= 4 is 62.7 Å². The summed E-state index contributed by atoms with van der Waals surface area (Å²) in [4.78, 5) is 19.8. The molecule has 1 saturated heterocycles. The van der Waals surface area contributed by atoms with Gasteiger partial charge in [-0.15, -0.1) is 10.2 Å². The predicted molar refractivity (Wildman–Crippen MR) is 113 cm³/mol. The number of aryl methyl sites for hydroxylation is 1. The zero-order valence-corrected chi connectivity index (χ0v) is 16.6. The van der Waals surface area contributed by atoms with Crippen molar-refractivity contribution in [3.63, 3.8) is 0 Å². The molecule has 0 aliphatic carbocycles. The van der Waals surface area contributed by atoms with Gasteiger partial charge in [0, 0.05) is 5.02 Å². The average Bonchev–Trinajstić information content (AvgIpc) is 3.21. The molecule has 0 atom stereocenters. The molecule has 134 valence electrons. The molecule has 2 heterocycles. The van der Waals surface area contributed by atoms with Crippen LogP contribution in [-0.2, 0) is 4.79 Å². The molecule has 1 aliphatic heterocycles. The van der Waals surface area contributed by atoms with E-state index < -0.39 is 0 Å². The number of carbonyl (C=O) groups excluding carboxylic acids is 1. The van der Waals surface area contributed by atoms with E-state index in [0.717, 1.165) is 16.3 Å². The fraction of sp³-hybridized carbons (Fsp3) is 0.0526. The molecule has 3 aromatic rings. The van der Waals surface area contributed by atoms with E-state index in [4.69, 9.17) is 11.6 Å². The molecule has 0 saturated carbocycles. The summed E-state index contributed by atoms with van der Waals surface area (Å²) in [5.41, 5.74) is 1.54. The summed E-state index contributed by atoms with van der Waals surface area (Å²) >= 11 is 8.92. The highest BCUT2D eigenvalue weighted by atomic mass is 35.5. The first-order valence-corrected chi connectivity index (χ1v) is 10.1. The zero-order valence-electron chi connectivity index (χ0n) is 14.2. The highest BCUT2D eigenvalue weighted by molar-refractivity contribution is 8.19. The number of hydrogen-bond acceptors (Lipinski definition) is 6. The minimum absolute atomic E-state index is 0.147. The van der Waals surface area contributed by atoms with Crippen molar-refractivity contribution in [1.82, 2.24) is 10.2 Å². The topological polar surface area (TPSA) is 58.5 Å². The summed E-state index contributed by atoms with van der Waals surface area (Å²) in [6, 6.07) is 16.8. The molecule has 0 unspecified atom stereocenters. The predicted octanol–water partition coefficient (Wildman–Crippen LogP) is 5.31. The summed E-state index contributed by atoms with van der Waals surface area (Å²) in [5, 5.41) is 10.5. The van der Waals surface area contributed by atoms with Gasteiger partial charge >= 0.3 is 0 Å². The Morgan fingerprint density at radius 2 is 1.81 bits per heavy atom. The van der Waals surface area contributed by atoms with Gasteiger partial charge in [0.1, 0.15) is 5.01 Å². The number of benzene rings is 2. The van der Waals surface area contributed by atoms with Gasteiger partial charge in [0.2, 0.25) is 5.13 Å². The number of amides is 1. The number of anilines is 1. The van der Waals surface area contributed by atoms with Gasteiger partial charge in [0.05, 0.1) is 10.6 Å². The van der Waals surface area contributed by atoms with E-state index in [1.54, 1.807) is 17.0 Å². The lowest BCUT2D eigenvalue weighted by Gasteiger charge is -2.14. The van der Waals surface area contributed by atoms with Crippen LogP contribution in [0, 0.1) is 6.92 Å². The van der Waals surface area contributed by atoms with Crippen LogP contribution in [0.5, 0.6) is 0 Å². The molecular weight excluding hydrogens is 400 g/mol. The molecule has 0 bridgehead atoms. The first kappa shape index (κ1) is 17.9. The second-order valence-corrected chi connectivity index (χ2v) is 8.18. The Bertz CT molecular complexity index is 1060. The summed E-state index contributed by atoms with van der Waals surface area (Å²) in [6.45, 7) is 1.87. The van der Waals surface area contributed by atoms with Crippen molar-refractivity contribution < 1.29 is 4.79 Å². The van der Waals surface area contributed by atoms with Crippen molar-refractivity contribution in [2.75, 3.05) is 4.90 Å². The van der Waals surface area contributed by atoms with Gasteiger partial charge in [-0.25, -0.2) is 0 Å². The first-order valence-electron chi connectivity index (χ1n) is 8.04. The van der Waals surface area contributed by atoms with Crippen LogP contribution in [0.15, 0.2) is 64.5 Å². The fourth-order valence-electron chi connectivity index (χ4n) is 2.50. The zero-order chi connectivity index (χ0) is 18.8. The number of rotatable bonds is 3. The van der Waals surface area contributed by atoms with Gasteiger partial charge < -0.3 is 0 Å². The highest BCUT2D eigenvalue weighted by Crippen LogP contribution is 2.38. The maximum absolute atomic E-state index is 13.1. The van der Waals surface area contributed by atoms with Crippen LogP contribution in [0.4, 0.5) is 10.8 Å². The summed E-state index contributed by atoms with van der Waals surface area (Å²) in [6.07, 6.45) is 1.79. The van der Waals surface area contributed by atoms with E-state index in [-0.39, 0.29) is 5.91 Å². The largest absolute Gasteiger partial charge is 0.271 e. The van der Waals surface area contributed by atoms with Crippen molar-refractivity contribution in [2.24, 2.45) is 4.99 Å². The molecule has 1 fully saturated rings. The molecule has 1 aromatic heterocycles. The van der Waals surface area contributed by atoms with Crippen molar-refractivity contribution in [2.45, 2.75) is 6.92 Å². The monoisotopic (exact) mass is 412 g/mol. The molecular formula is C19H13ClN4OS2. The first-order chi connectivity index (χ1) is 13.1. The van der Waals surface area contributed by atoms with Gasteiger partial charge in [0.15, 0.2) is 5.17 Å². The molecule has 5 nitrogen and oxygen atoms in total. The molecule has 1 aliphatic rings. The quantitative estimate of drug-likeness (QED) is 0.547. The Hall–Kier alpha value is -2.48. The number of hydrogen-bond donors (Lipinski definition) is 0. The lowest BCUT2D eigenvalue weighted by molar-refractivity contribution is -0.113. The Morgan fingerprint density at radius 1 is 1.07 bits per heavy atom. The molecule has 27 heavy (non-hydrogen) atoms. The molecule has 0 N–H and O–H groups in total. The number of amidine groups is 1. The third-order valence-electron chi connectivity index (χ3n) is 3.72. The van der Waals surface area contributed by atoms with Gasteiger partial charge in [-0.3, -0.25) is 9.69 Å². The van der Waals surface area contributed by atoms with Gasteiger partial charge in [0.25, 0.3) is 5.91 Å². The van der Waals surface area contributed by atoms with E-state index >= 15 is 0 Å². The maximum atomic E-state index is 13.1. The summed E-state index contributed by atoms with van der Waals surface area (Å²) in [5.74, 6) is -0.147. The van der Waals surface area contributed by atoms with Gasteiger partial charge in [-0.05, 0) is 48.5 Å². The van der Waals surface area contributed by atoms with Crippen LogP contribution in [-0.4, -0.2) is 21.3 Å². The normalized spacial score (nSPS) is 17.3. The third kappa shape index (κ3) is 3.80. The summed E-state index contributed by atoms with van der Waals surface area (Å²) < 4.78 is 0. The average molecular weight is 413 g/mol. The van der Waals surface area contributed by atoms with Gasteiger partial charge in [-0.1, -0.05) is 59.3 Å². The minimum Gasteiger partial charge on any atom is -0.268 e. The Kier molecular flexibility index (Phi) is 5.07. The second kappa shape index (κ2) is 7.64. The van der Waals surface area contributed by atoms with Crippen LogP contribution in [0.2, 0.25) is 5.02 Å². The van der Waals surface area contributed by atoms with E-state index in [2.05, 4.69) is 15.2 Å². The van der Waals surface area contributed by atoms with E-state index in [1.165, 1.54) is 23.1 Å². The van der Waals surface area contributed by atoms with Crippen LogP contribution < -0.4 is 4.90 Å². The Morgan fingerprint density at radius 3 is 2.52 bits per heavy atom. The number of carbonyl (C=O) groups is 1. The number of para-hydroxylation sites is 1. The number of aromatic nitrogens is 2. The number of thioether (sulfide) groups is 1. The molecule has 0 radical (unpaired) electrons. The van der Waals surface area contributed by atoms with Crippen molar-refractivity contribution in [3.8, 4) is 0 Å². The van der Waals surface area contributed by atoms with Crippen molar-refractivity contribution in [1.29, 1.82) is 0 Å². The lowest BCUT2D eigenvalue weighted by atomic mass is 10.2. The second-order valence-electron chi connectivity index (χ2n) is 5.61. The molecule has 4 rings (SSSR count). The van der Waals surface area contributed by atoms with Crippen LogP contribution in [0.25, 0.3) is 6.08 Å². The van der Waals surface area contributed by atoms with Crippen LogP contribution in [0.1, 0.15) is 10.6 Å². The SMILES string of the molecule is Cc1nnc(/N=C2/S/C(=C\c3ccccc3Cl)C(=O)N2c2ccccc2)s1. The van der Waals surface area contributed by atoms with Crippen molar-refractivity contribution in [3.05, 3.63) is 75.1 Å². The number of nitrogens with zero attached hydrogens (tertiary/aromatic N) is 4. The number of halogens is 1.